The van der Waals surface area contributed by atoms with Gasteiger partial charge in [-0.2, -0.15) is 5.26 Å². The summed E-state index contributed by atoms with van der Waals surface area (Å²) in [6.45, 7) is 1.42. The first-order chi connectivity index (χ1) is 13.4. The zero-order valence-corrected chi connectivity index (χ0v) is 16.4. The summed E-state index contributed by atoms with van der Waals surface area (Å²) in [5, 5.41) is 17.8. The van der Waals surface area contributed by atoms with Gasteiger partial charge in [0, 0.05) is 5.71 Å². The highest BCUT2D eigenvalue weighted by Gasteiger charge is 2.22. The number of nitrogens with zero attached hydrogens (tertiary/aromatic N) is 3. The first kappa shape index (κ1) is 19.8. The lowest BCUT2D eigenvalue weighted by Gasteiger charge is -2.14. The van der Waals surface area contributed by atoms with Crippen LogP contribution in [0.3, 0.4) is 0 Å². The molecule has 2 aromatic carbocycles. The molecule has 1 aromatic heterocycles. The minimum Gasteiger partial charge on any atom is -0.308 e. The molecule has 0 spiro atoms. The molecule has 6 nitrogen and oxygen atoms in total. The third kappa shape index (κ3) is 3.84. The number of ketones is 1. The smallest absolute Gasteiger partial charge is 0.266 e. The van der Waals surface area contributed by atoms with Gasteiger partial charge in [0.2, 0.25) is 0 Å². The van der Waals surface area contributed by atoms with Gasteiger partial charge in [-0.15, -0.1) is 0 Å². The molecule has 0 saturated carbocycles. The van der Waals surface area contributed by atoms with E-state index in [4.69, 9.17) is 22.3 Å². The van der Waals surface area contributed by atoms with E-state index in [0.29, 0.717) is 26.8 Å². The lowest BCUT2D eigenvalue weighted by molar-refractivity contribution is -0.117. The Morgan fingerprint density at radius 1 is 1.29 bits per heavy atom. The molecule has 0 amide bonds. The number of para-hydroxylation sites is 2. The lowest BCUT2D eigenvalue weighted by atomic mass is 10.0. The van der Waals surface area contributed by atoms with Gasteiger partial charge in [0.1, 0.15) is 5.92 Å². The topological polar surface area (TPSA) is 99.6 Å². The van der Waals surface area contributed by atoms with E-state index in [0.717, 1.165) is 11.8 Å². The van der Waals surface area contributed by atoms with Gasteiger partial charge >= 0.3 is 0 Å². The maximum Gasteiger partial charge on any atom is 0.266 e. The Bertz CT molecular complexity index is 1180. The van der Waals surface area contributed by atoms with Crippen LogP contribution in [0.15, 0.2) is 58.5 Å². The second-order valence-corrected chi connectivity index (χ2v) is 7.35. The number of hydrogen-bond acceptors (Lipinski definition) is 6. The highest BCUT2D eigenvalue weighted by molar-refractivity contribution is 7.99. The molecule has 1 atom stereocenters. The van der Waals surface area contributed by atoms with Crippen LogP contribution in [0.4, 0.5) is 0 Å². The predicted molar refractivity (Wildman–Crippen MR) is 111 cm³/mol. The third-order valence-corrected chi connectivity index (χ3v) is 5.35. The quantitative estimate of drug-likeness (QED) is 0.377. The van der Waals surface area contributed by atoms with Crippen molar-refractivity contribution >= 4 is 45.8 Å². The molecule has 0 radical (unpaired) electrons. The molecule has 0 bridgehead atoms. The van der Waals surface area contributed by atoms with Gasteiger partial charge in [-0.3, -0.25) is 14.2 Å². The van der Waals surface area contributed by atoms with Crippen molar-refractivity contribution in [2.24, 2.45) is 5.92 Å². The number of halogens is 1. The molecule has 8 heteroatoms. The second kappa shape index (κ2) is 8.38. The van der Waals surface area contributed by atoms with Crippen LogP contribution < -0.4 is 5.56 Å². The number of aromatic nitrogens is 2. The van der Waals surface area contributed by atoms with Crippen LogP contribution in [0, 0.1) is 22.7 Å². The molecule has 3 rings (SSSR count). The molecule has 28 heavy (non-hydrogen) atoms. The maximum absolute atomic E-state index is 13.1. The van der Waals surface area contributed by atoms with Gasteiger partial charge in [0.05, 0.1) is 33.4 Å². The van der Waals surface area contributed by atoms with Gasteiger partial charge in [0.25, 0.3) is 5.56 Å². The Balaban J connectivity index is 2.11. The van der Waals surface area contributed by atoms with Gasteiger partial charge in [-0.05, 0) is 31.2 Å². The fourth-order valence-electron chi connectivity index (χ4n) is 2.68. The van der Waals surface area contributed by atoms with Crippen LogP contribution in [0.2, 0.25) is 5.02 Å². The summed E-state index contributed by atoms with van der Waals surface area (Å²) < 4.78 is 1.38. The van der Waals surface area contributed by atoms with Gasteiger partial charge in [-0.1, -0.05) is 47.6 Å². The summed E-state index contributed by atoms with van der Waals surface area (Å²) in [7, 11) is 0. The van der Waals surface area contributed by atoms with Crippen molar-refractivity contribution in [3.63, 3.8) is 0 Å². The maximum atomic E-state index is 13.1. The Morgan fingerprint density at radius 2 is 1.96 bits per heavy atom. The zero-order chi connectivity index (χ0) is 20.3. The summed E-state index contributed by atoms with van der Waals surface area (Å²) >= 11 is 7.34. The average molecular weight is 411 g/mol. The van der Waals surface area contributed by atoms with Crippen LogP contribution in [0.25, 0.3) is 16.6 Å². The monoisotopic (exact) mass is 410 g/mol. The summed E-state index contributed by atoms with van der Waals surface area (Å²) in [5.41, 5.74) is 0.657. The zero-order valence-electron chi connectivity index (χ0n) is 14.8. The van der Waals surface area contributed by atoms with Crippen molar-refractivity contribution in [3.05, 3.63) is 63.9 Å². The number of fused-ring (bicyclic) bond motifs is 1. The van der Waals surface area contributed by atoms with E-state index in [1.807, 2.05) is 6.07 Å². The Hall–Kier alpha value is -2.95. The van der Waals surface area contributed by atoms with Gasteiger partial charge < -0.3 is 5.41 Å². The first-order valence-corrected chi connectivity index (χ1v) is 9.67. The number of carbonyl (C=O) groups excluding carboxylic acids is 1. The van der Waals surface area contributed by atoms with E-state index in [9.17, 15) is 9.59 Å². The molecular weight excluding hydrogens is 396 g/mol. The SMILES string of the molecule is CC(=N)C(C#N)C(=O)CSc1nc2ccccc2c(=O)n1-c1ccccc1Cl. The van der Waals surface area contributed by atoms with E-state index in [-0.39, 0.29) is 17.0 Å². The number of nitriles is 1. The summed E-state index contributed by atoms with van der Waals surface area (Å²) in [5.74, 6) is -1.61. The van der Waals surface area contributed by atoms with E-state index < -0.39 is 11.7 Å². The number of rotatable bonds is 6. The number of nitrogens with one attached hydrogen (secondary N) is 1. The Morgan fingerprint density at radius 3 is 2.64 bits per heavy atom. The molecule has 1 unspecified atom stereocenters. The molecule has 3 aromatic rings. The second-order valence-electron chi connectivity index (χ2n) is 6.00. The highest BCUT2D eigenvalue weighted by atomic mass is 35.5. The third-order valence-electron chi connectivity index (χ3n) is 4.07. The predicted octanol–water partition coefficient (Wildman–Crippen LogP) is 3.88. The summed E-state index contributed by atoms with van der Waals surface area (Å²) in [6.07, 6.45) is 0. The largest absolute Gasteiger partial charge is 0.308 e. The van der Waals surface area contributed by atoms with Crippen molar-refractivity contribution in [3.8, 4) is 11.8 Å². The van der Waals surface area contributed by atoms with Gasteiger partial charge in [-0.25, -0.2) is 4.98 Å². The number of thioether (sulfide) groups is 1. The minimum absolute atomic E-state index is 0.0111. The molecule has 140 valence electrons. The molecule has 1 N–H and O–H groups in total. The lowest BCUT2D eigenvalue weighted by Crippen LogP contribution is -2.24. The average Bonchev–Trinajstić information content (AvgIpc) is 2.68. The standard InChI is InChI=1S/C20H15ClN4O2S/c1-12(23)14(10-22)18(26)11-28-20-24-16-8-4-2-6-13(16)19(27)25(20)17-9-5-3-7-15(17)21/h2-9,14,23H,11H2,1H3. The van der Waals surface area contributed by atoms with Crippen molar-refractivity contribution in [1.29, 1.82) is 10.7 Å². The van der Waals surface area contributed by atoms with E-state index >= 15 is 0 Å². The molecule has 0 saturated heterocycles. The highest BCUT2D eigenvalue weighted by Crippen LogP contribution is 2.26. The van der Waals surface area contributed by atoms with Crippen LogP contribution in [0.5, 0.6) is 0 Å². The fourth-order valence-corrected chi connectivity index (χ4v) is 3.82. The Labute approximate surface area is 170 Å². The molecule has 1 heterocycles. The molecule has 0 aliphatic carbocycles. The van der Waals surface area contributed by atoms with Crippen molar-refractivity contribution in [2.75, 3.05) is 5.75 Å². The normalized spacial score (nSPS) is 11.8. The van der Waals surface area contributed by atoms with Crippen LogP contribution >= 0.6 is 23.4 Å². The van der Waals surface area contributed by atoms with Crippen molar-refractivity contribution in [2.45, 2.75) is 12.1 Å². The van der Waals surface area contributed by atoms with Crippen molar-refractivity contribution in [1.82, 2.24) is 9.55 Å². The number of carbonyl (C=O) groups is 1. The summed E-state index contributed by atoms with van der Waals surface area (Å²) in [6, 6.07) is 15.7. The molecule has 0 fully saturated rings. The Kier molecular flexibility index (Phi) is 5.93. The minimum atomic E-state index is -1.10. The first-order valence-electron chi connectivity index (χ1n) is 8.31. The van der Waals surface area contributed by atoms with Gasteiger partial charge in [0.15, 0.2) is 10.9 Å². The number of Topliss-reactive ketones (excluding diaryl/α,β-unsaturated/α-hetero) is 1. The van der Waals surface area contributed by atoms with E-state index in [1.54, 1.807) is 48.5 Å². The summed E-state index contributed by atoms with van der Waals surface area (Å²) in [4.78, 5) is 30.0. The molecular formula is C20H15ClN4O2S. The number of benzene rings is 2. The van der Waals surface area contributed by atoms with Crippen LogP contribution in [-0.2, 0) is 4.79 Å². The van der Waals surface area contributed by atoms with Crippen LogP contribution in [-0.4, -0.2) is 26.8 Å². The fraction of sp³-hybridized carbons (Fsp3) is 0.150. The van der Waals surface area contributed by atoms with E-state index in [1.165, 1.54) is 11.5 Å². The van der Waals surface area contributed by atoms with Crippen LogP contribution in [0.1, 0.15) is 6.92 Å². The molecule has 0 aliphatic rings. The number of hydrogen-bond donors (Lipinski definition) is 1. The molecule has 0 aliphatic heterocycles. The van der Waals surface area contributed by atoms with E-state index in [2.05, 4.69) is 4.98 Å². The van der Waals surface area contributed by atoms with Crippen molar-refractivity contribution < 1.29 is 4.79 Å².